The van der Waals surface area contributed by atoms with Crippen LogP contribution in [0.3, 0.4) is 0 Å². The third-order valence-electron chi connectivity index (χ3n) is 5.54. The van der Waals surface area contributed by atoms with Crippen LogP contribution in [0.25, 0.3) is 0 Å². The molecule has 30 heavy (non-hydrogen) atoms. The molecule has 3 rings (SSSR count). The van der Waals surface area contributed by atoms with Crippen LogP contribution in [-0.4, -0.2) is 78.8 Å². The maximum atomic E-state index is 13.1. The van der Waals surface area contributed by atoms with Crippen molar-refractivity contribution in [2.45, 2.75) is 26.1 Å². The Kier molecular flexibility index (Phi) is 8.63. The van der Waals surface area contributed by atoms with Gasteiger partial charge in [0.1, 0.15) is 24.3 Å². The van der Waals surface area contributed by atoms with Crippen LogP contribution in [0.1, 0.15) is 18.1 Å². The Morgan fingerprint density at radius 1 is 1.00 bits per heavy atom. The minimum atomic E-state index is -0.497. The van der Waals surface area contributed by atoms with Crippen LogP contribution in [0.2, 0.25) is 0 Å². The summed E-state index contributed by atoms with van der Waals surface area (Å²) in [5.74, 6) is 0.564. The normalized spacial score (nSPS) is 16.7. The minimum absolute atomic E-state index is 0.211. The third-order valence-corrected chi connectivity index (χ3v) is 5.54. The molecule has 0 amide bonds. The Labute approximate surface area is 179 Å². The van der Waals surface area contributed by atoms with Gasteiger partial charge in [-0.3, -0.25) is 9.80 Å². The topological polar surface area (TPSA) is 39.2 Å². The van der Waals surface area contributed by atoms with E-state index in [1.807, 2.05) is 37.4 Å². The van der Waals surface area contributed by atoms with Crippen molar-refractivity contribution in [2.75, 3.05) is 52.9 Å². The molecule has 1 aliphatic heterocycles. The molecule has 0 radical (unpaired) electrons. The molecule has 0 bridgehead atoms. The number of halogens is 1. The van der Waals surface area contributed by atoms with E-state index in [4.69, 9.17) is 4.74 Å². The number of ether oxygens (including phenoxy) is 1. The minimum Gasteiger partial charge on any atom is -0.491 e. The van der Waals surface area contributed by atoms with Crippen molar-refractivity contribution >= 4 is 0 Å². The maximum Gasteiger partial charge on any atom is 0.123 e. The van der Waals surface area contributed by atoms with Gasteiger partial charge in [0.15, 0.2) is 0 Å². The highest BCUT2D eigenvalue weighted by Gasteiger charge is 2.18. The molecule has 0 aliphatic carbocycles. The fourth-order valence-electron chi connectivity index (χ4n) is 3.83. The van der Waals surface area contributed by atoms with Gasteiger partial charge in [0.05, 0.1) is 0 Å². The number of benzene rings is 2. The van der Waals surface area contributed by atoms with Crippen molar-refractivity contribution in [3.8, 4) is 5.75 Å². The molecule has 6 heteroatoms. The van der Waals surface area contributed by atoms with Crippen LogP contribution in [-0.2, 0) is 13.1 Å². The predicted octanol–water partition coefficient (Wildman–Crippen LogP) is 2.83. The van der Waals surface area contributed by atoms with Gasteiger partial charge in [-0.1, -0.05) is 31.2 Å². The first-order valence-corrected chi connectivity index (χ1v) is 10.8. The highest BCUT2D eigenvalue weighted by Crippen LogP contribution is 2.16. The molecule has 1 aliphatic rings. The van der Waals surface area contributed by atoms with Crippen LogP contribution >= 0.6 is 0 Å². The third kappa shape index (κ3) is 7.36. The zero-order valence-electron chi connectivity index (χ0n) is 18.1. The van der Waals surface area contributed by atoms with Crippen molar-refractivity contribution in [2.24, 2.45) is 0 Å². The van der Waals surface area contributed by atoms with E-state index < -0.39 is 6.10 Å². The molecular weight excluding hydrogens is 381 g/mol. The van der Waals surface area contributed by atoms with Crippen LogP contribution in [0.4, 0.5) is 4.39 Å². The van der Waals surface area contributed by atoms with E-state index >= 15 is 0 Å². The highest BCUT2D eigenvalue weighted by atomic mass is 19.1. The van der Waals surface area contributed by atoms with Crippen molar-refractivity contribution in [3.63, 3.8) is 0 Å². The van der Waals surface area contributed by atoms with E-state index in [0.717, 1.165) is 62.7 Å². The second-order valence-electron chi connectivity index (χ2n) is 8.15. The number of likely N-dealkylation sites (N-methyl/N-ethyl adjacent to an activating group) is 1. The van der Waals surface area contributed by atoms with Gasteiger partial charge >= 0.3 is 0 Å². The summed E-state index contributed by atoms with van der Waals surface area (Å²) >= 11 is 0. The summed E-state index contributed by atoms with van der Waals surface area (Å²) in [5, 5.41) is 10.4. The molecule has 1 saturated heterocycles. The number of nitrogens with zero attached hydrogens (tertiary/aromatic N) is 3. The van der Waals surface area contributed by atoms with Gasteiger partial charge in [-0.2, -0.15) is 0 Å². The Morgan fingerprint density at radius 3 is 2.37 bits per heavy atom. The first kappa shape index (κ1) is 22.7. The zero-order valence-corrected chi connectivity index (χ0v) is 18.1. The fraction of sp³-hybridized carbons (Fsp3) is 0.500. The van der Waals surface area contributed by atoms with E-state index in [1.165, 1.54) is 12.1 Å². The standard InChI is InChI=1S/C24H34FN3O2/c1-3-27-11-13-28(14-12-27)18-23(29)19-30-24-6-4-5-21(15-24)17-26(2)16-20-7-9-22(25)10-8-20/h4-10,15,23,29H,3,11-14,16-19H2,1-2H3. The Morgan fingerprint density at radius 2 is 1.67 bits per heavy atom. The number of β-amino-alcohol motifs (C(OH)–C–C–N with tert-alkyl or cyclic N) is 1. The number of hydrogen-bond donors (Lipinski definition) is 1. The van der Waals surface area contributed by atoms with E-state index in [1.54, 1.807) is 0 Å². The van der Waals surface area contributed by atoms with Gasteiger partial charge < -0.3 is 14.7 Å². The summed E-state index contributed by atoms with van der Waals surface area (Å²) < 4.78 is 18.9. The second kappa shape index (κ2) is 11.4. The first-order valence-electron chi connectivity index (χ1n) is 10.8. The largest absolute Gasteiger partial charge is 0.491 e. The summed E-state index contributed by atoms with van der Waals surface area (Å²) in [6.45, 7) is 9.87. The quantitative estimate of drug-likeness (QED) is 0.646. The van der Waals surface area contributed by atoms with Gasteiger partial charge in [-0.15, -0.1) is 0 Å². The van der Waals surface area contributed by atoms with Crippen molar-refractivity contribution < 1.29 is 14.2 Å². The lowest BCUT2D eigenvalue weighted by Crippen LogP contribution is -2.49. The summed E-state index contributed by atoms with van der Waals surface area (Å²) in [4.78, 5) is 6.91. The predicted molar refractivity (Wildman–Crippen MR) is 118 cm³/mol. The average Bonchev–Trinajstić information content (AvgIpc) is 2.75. The SMILES string of the molecule is CCN1CCN(CC(O)COc2cccc(CN(C)Cc3ccc(F)cc3)c2)CC1. The van der Waals surface area contributed by atoms with E-state index in [0.29, 0.717) is 13.2 Å². The molecule has 0 saturated carbocycles. The lowest BCUT2D eigenvalue weighted by atomic mass is 10.1. The maximum absolute atomic E-state index is 13.1. The van der Waals surface area contributed by atoms with Crippen LogP contribution in [0.15, 0.2) is 48.5 Å². The smallest absolute Gasteiger partial charge is 0.123 e. The highest BCUT2D eigenvalue weighted by molar-refractivity contribution is 5.28. The van der Waals surface area contributed by atoms with Gasteiger partial charge in [-0.05, 0) is 49.0 Å². The van der Waals surface area contributed by atoms with Crippen LogP contribution < -0.4 is 4.74 Å². The monoisotopic (exact) mass is 415 g/mol. The van der Waals surface area contributed by atoms with Crippen LogP contribution in [0, 0.1) is 5.82 Å². The first-order chi connectivity index (χ1) is 14.5. The van der Waals surface area contributed by atoms with Crippen molar-refractivity contribution in [1.29, 1.82) is 0 Å². The fourth-order valence-corrected chi connectivity index (χ4v) is 3.83. The van der Waals surface area contributed by atoms with Gasteiger partial charge in [0, 0.05) is 45.8 Å². The molecule has 1 atom stereocenters. The summed E-state index contributed by atoms with van der Waals surface area (Å²) in [6, 6.07) is 14.6. The van der Waals surface area contributed by atoms with Gasteiger partial charge in [0.2, 0.25) is 0 Å². The Hall–Kier alpha value is -1.99. The van der Waals surface area contributed by atoms with E-state index in [2.05, 4.69) is 27.7 Å². The van der Waals surface area contributed by atoms with Gasteiger partial charge in [-0.25, -0.2) is 4.39 Å². The van der Waals surface area contributed by atoms with Crippen molar-refractivity contribution in [1.82, 2.24) is 14.7 Å². The average molecular weight is 416 g/mol. The Bertz CT molecular complexity index is 763. The molecule has 1 fully saturated rings. The number of aliphatic hydroxyl groups is 1. The van der Waals surface area contributed by atoms with Gasteiger partial charge in [0.25, 0.3) is 0 Å². The molecule has 2 aromatic rings. The summed E-state index contributed by atoms with van der Waals surface area (Å²) in [6.07, 6.45) is -0.497. The molecule has 5 nitrogen and oxygen atoms in total. The molecular formula is C24H34FN3O2. The summed E-state index contributed by atoms with van der Waals surface area (Å²) in [7, 11) is 2.04. The summed E-state index contributed by atoms with van der Waals surface area (Å²) in [5.41, 5.74) is 2.22. The number of aliphatic hydroxyl groups excluding tert-OH is 1. The lowest BCUT2D eigenvalue weighted by molar-refractivity contribution is 0.0470. The number of piperazine rings is 1. The number of hydrogen-bond acceptors (Lipinski definition) is 5. The molecule has 0 spiro atoms. The molecule has 164 valence electrons. The zero-order chi connectivity index (χ0) is 21.3. The molecule has 1 heterocycles. The second-order valence-corrected chi connectivity index (χ2v) is 8.15. The molecule has 1 unspecified atom stereocenters. The molecule has 2 aromatic carbocycles. The van der Waals surface area contributed by atoms with Crippen LogP contribution in [0.5, 0.6) is 5.75 Å². The Balaban J connectivity index is 1.42. The van der Waals surface area contributed by atoms with E-state index in [9.17, 15) is 9.50 Å². The lowest BCUT2D eigenvalue weighted by Gasteiger charge is -2.34. The van der Waals surface area contributed by atoms with Crippen molar-refractivity contribution in [3.05, 3.63) is 65.5 Å². The molecule has 1 N–H and O–H groups in total. The molecule has 0 aromatic heterocycles. The van der Waals surface area contributed by atoms with E-state index in [-0.39, 0.29) is 5.82 Å². The number of rotatable bonds is 10.